The molecule has 7 heteroatoms. The van der Waals surface area contributed by atoms with Crippen LogP contribution in [0, 0.1) is 0 Å². The fourth-order valence-corrected chi connectivity index (χ4v) is 2.53. The Hall–Kier alpha value is -1.18. The predicted molar refractivity (Wildman–Crippen MR) is 70.1 cm³/mol. The number of pyridine rings is 1. The first-order valence-corrected chi connectivity index (χ1v) is 7.21. The van der Waals surface area contributed by atoms with Gasteiger partial charge in [-0.2, -0.15) is 0 Å². The molecule has 0 saturated heterocycles. The second-order valence-electron chi connectivity index (χ2n) is 3.78. The second-order valence-corrected chi connectivity index (χ2v) is 5.47. The highest BCUT2D eigenvalue weighted by Gasteiger charge is 2.20. The third-order valence-electron chi connectivity index (χ3n) is 2.36. The molecular weight excluding hydrogens is 254 g/mol. The van der Waals surface area contributed by atoms with Gasteiger partial charge in [0.2, 0.25) is 0 Å². The van der Waals surface area contributed by atoms with Crippen LogP contribution in [-0.4, -0.2) is 39.7 Å². The van der Waals surface area contributed by atoms with Gasteiger partial charge in [-0.25, -0.2) is 18.1 Å². The molecule has 0 fully saturated rings. The zero-order valence-electron chi connectivity index (χ0n) is 10.8. The van der Waals surface area contributed by atoms with Crippen molar-refractivity contribution in [2.75, 3.05) is 25.5 Å². The molecule has 1 aromatic rings. The molecule has 1 atom stereocenters. The Kier molecular flexibility index (Phi) is 5.52. The van der Waals surface area contributed by atoms with E-state index in [-0.39, 0.29) is 17.7 Å². The van der Waals surface area contributed by atoms with E-state index in [9.17, 15) is 8.42 Å². The van der Waals surface area contributed by atoms with Crippen molar-refractivity contribution in [3.05, 3.63) is 18.3 Å². The molecule has 0 saturated carbocycles. The summed E-state index contributed by atoms with van der Waals surface area (Å²) in [7, 11) is -2.09. The second kappa shape index (κ2) is 6.67. The molecule has 1 aromatic heterocycles. The molecular formula is C11H19N3O3S. The molecule has 1 unspecified atom stereocenters. The van der Waals surface area contributed by atoms with Crippen molar-refractivity contribution in [3.63, 3.8) is 0 Å². The summed E-state index contributed by atoms with van der Waals surface area (Å²) in [5.74, 6) is 0. The normalized spacial score (nSPS) is 13.3. The first kappa shape index (κ1) is 14.9. The van der Waals surface area contributed by atoms with E-state index in [1.165, 1.54) is 13.3 Å². The number of nitrogens with one attached hydrogen (secondary N) is 2. The van der Waals surface area contributed by atoms with Gasteiger partial charge in [0.05, 0.1) is 11.8 Å². The van der Waals surface area contributed by atoms with Gasteiger partial charge >= 0.3 is 0 Å². The Labute approximate surface area is 108 Å². The van der Waals surface area contributed by atoms with Gasteiger partial charge in [0.1, 0.15) is 0 Å². The third-order valence-corrected chi connectivity index (χ3v) is 3.74. The Morgan fingerprint density at radius 2 is 2.22 bits per heavy atom. The predicted octanol–water partition coefficient (Wildman–Crippen LogP) is 0.827. The number of nitrogens with zero attached hydrogens (tertiary/aromatic N) is 1. The van der Waals surface area contributed by atoms with Gasteiger partial charge in [0.25, 0.3) is 10.0 Å². The van der Waals surface area contributed by atoms with Crippen LogP contribution in [0.2, 0.25) is 0 Å². The maximum absolute atomic E-state index is 12.1. The maximum atomic E-state index is 12.1. The van der Waals surface area contributed by atoms with Gasteiger partial charge in [-0.05, 0) is 26.0 Å². The highest BCUT2D eigenvalue weighted by molar-refractivity contribution is 7.89. The summed E-state index contributed by atoms with van der Waals surface area (Å²) < 4.78 is 31.6. The minimum atomic E-state index is -3.62. The lowest BCUT2D eigenvalue weighted by Crippen LogP contribution is -2.32. The molecule has 0 radical (unpaired) electrons. The minimum absolute atomic E-state index is 0.00940. The molecule has 0 aromatic carbocycles. The first-order valence-electron chi connectivity index (χ1n) is 5.72. The van der Waals surface area contributed by atoms with Gasteiger partial charge in [-0.3, -0.25) is 0 Å². The third kappa shape index (κ3) is 3.94. The first-order chi connectivity index (χ1) is 8.51. The summed E-state index contributed by atoms with van der Waals surface area (Å²) in [6.45, 7) is 4.51. The Morgan fingerprint density at radius 3 is 2.83 bits per heavy atom. The van der Waals surface area contributed by atoms with E-state index in [0.29, 0.717) is 12.2 Å². The highest BCUT2D eigenvalue weighted by atomic mass is 32.2. The molecule has 0 aliphatic heterocycles. The molecule has 0 bridgehead atoms. The zero-order valence-corrected chi connectivity index (χ0v) is 11.6. The monoisotopic (exact) mass is 273 g/mol. The van der Waals surface area contributed by atoms with Crippen LogP contribution in [0.5, 0.6) is 0 Å². The average molecular weight is 273 g/mol. The van der Waals surface area contributed by atoms with Crippen molar-refractivity contribution < 1.29 is 13.2 Å². The van der Waals surface area contributed by atoms with E-state index in [0.717, 1.165) is 0 Å². The van der Waals surface area contributed by atoms with Crippen LogP contribution in [0.25, 0.3) is 0 Å². The molecule has 2 N–H and O–H groups in total. The fraction of sp³-hybridized carbons (Fsp3) is 0.545. The average Bonchev–Trinajstić information content (AvgIpc) is 2.37. The molecule has 0 aliphatic rings. The van der Waals surface area contributed by atoms with E-state index in [1.54, 1.807) is 19.1 Å². The lowest BCUT2D eigenvalue weighted by molar-refractivity contribution is 0.122. The molecule has 1 heterocycles. The van der Waals surface area contributed by atoms with Gasteiger partial charge in [0, 0.05) is 26.4 Å². The summed E-state index contributed by atoms with van der Waals surface area (Å²) >= 11 is 0. The number of hydrogen-bond donors (Lipinski definition) is 2. The maximum Gasteiger partial charge on any atom is 0.260 e. The summed E-state index contributed by atoms with van der Waals surface area (Å²) in [6, 6.07) is 3.37. The van der Waals surface area contributed by atoms with E-state index in [2.05, 4.69) is 15.0 Å². The van der Waals surface area contributed by atoms with Crippen molar-refractivity contribution >= 4 is 15.7 Å². The van der Waals surface area contributed by atoms with Crippen molar-refractivity contribution in [1.29, 1.82) is 0 Å². The number of anilines is 1. The largest absolute Gasteiger partial charge is 0.383 e. The smallest absolute Gasteiger partial charge is 0.260 e. The molecule has 0 spiro atoms. The Bertz CT molecular complexity index is 476. The topological polar surface area (TPSA) is 80.3 Å². The quantitative estimate of drug-likeness (QED) is 0.769. The summed E-state index contributed by atoms with van der Waals surface area (Å²) in [5, 5.41) is 2.98. The van der Waals surface area contributed by atoms with E-state index in [1.807, 2.05) is 6.92 Å². The number of hydrogen-bond acceptors (Lipinski definition) is 5. The number of aromatic nitrogens is 1. The van der Waals surface area contributed by atoms with Crippen molar-refractivity contribution in [1.82, 2.24) is 9.71 Å². The lowest BCUT2D eigenvalue weighted by atomic mass is 10.4. The molecule has 6 nitrogen and oxygen atoms in total. The van der Waals surface area contributed by atoms with Gasteiger partial charge in [-0.1, -0.05) is 0 Å². The van der Waals surface area contributed by atoms with Crippen LogP contribution in [0.4, 0.5) is 5.69 Å². The molecule has 0 amide bonds. The van der Waals surface area contributed by atoms with Crippen molar-refractivity contribution in [3.8, 4) is 0 Å². The van der Waals surface area contributed by atoms with Crippen LogP contribution in [0.3, 0.4) is 0 Å². The van der Waals surface area contributed by atoms with E-state index < -0.39 is 10.0 Å². The van der Waals surface area contributed by atoms with Crippen LogP contribution >= 0.6 is 0 Å². The van der Waals surface area contributed by atoms with E-state index in [4.69, 9.17) is 4.74 Å². The summed E-state index contributed by atoms with van der Waals surface area (Å²) in [4.78, 5) is 3.92. The van der Waals surface area contributed by atoms with Gasteiger partial charge < -0.3 is 10.1 Å². The van der Waals surface area contributed by atoms with Crippen molar-refractivity contribution in [2.45, 2.75) is 25.0 Å². The molecule has 18 heavy (non-hydrogen) atoms. The van der Waals surface area contributed by atoms with Crippen LogP contribution in [0.15, 0.2) is 23.4 Å². The van der Waals surface area contributed by atoms with E-state index >= 15 is 0 Å². The van der Waals surface area contributed by atoms with Gasteiger partial charge in [-0.15, -0.1) is 0 Å². The van der Waals surface area contributed by atoms with Crippen LogP contribution < -0.4 is 10.0 Å². The highest BCUT2D eigenvalue weighted by Crippen LogP contribution is 2.17. The fourth-order valence-electron chi connectivity index (χ4n) is 1.31. The molecule has 0 aliphatic carbocycles. The van der Waals surface area contributed by atoms with Crippen LogP contribution in [-0.2, 0) is 14.8 Å². The number of methoxy groups -OCH3 is 1. The minimum Gasteiger partial charge on any atom is -0.383 e. The Morgan fingerprint density at radius 1 is 1.50 bits per heavy atom. The summed E-state index contributed by atoms with van der Waals surface area (Å²) in [5.41, 5.74) is 0.498. The van der Waals surface area contributed by atoms with Crippen LogP contribution in [0.1, 0.15) is 13.8 Å². The van der Waals surface area contributed by atoms with Gasteiger partial charge in [0.15, 0.2) is 5.03 Å². The standard InChI is InChI=1S/C11H19N3O3S/c1-4-12-10-6-5-7-13-11(10)18(15,16)14-8-9(2)17-3/h5-7,9,12,14H,4,8H2,1-3H3. The number of ether oxygens (including phenoxy) is 1. The summed E-state index contributed by atoms with van der Waals surface area (Å²) in [6.07, 6.45) is 1.26. The lowest BCUT2D eigenvalue weighted by Gasteiger charge is -2.13. The number of rotatable bonds is 7. The van der Waals surface area contributed by atoms with Crippen molar-refractivity contribution in [2.24, 2.45) is 0 Å². The number of sulfonamides is 1. The zero-order chi connectivity index (χ0) is 13.6. The molecule has 1 rings (SSSR count). The molecule has 102 valence electrons. The SMILES string of the molecule is CCNc1cccnc1S(=O)(=O)NCC(C)OC. The Balaban J connectivity index is 2.90.